The van der Waals surface area contributed by atoms with E-state index in [0.717, 1.165) is 6.42 Å². The van der Waals surface area contributed by atoms with Crippen LogP contribution in [0.2, 0.25) is 0 Å². The predicted molar refractivity (Wildman–Crippen MR) is 64.5 cm³/mol. The van der Waals surface area contributed by atoms with E-state index in [1.807, 2.05) is 6.08 Å². The molecule has 0 amide bonds. The summed E-state index contributed by atoms with van der Waals surface area (Å²) < 4.78 is 0. The van der Waals surface area contributed by atoms with Gasteiger partial charge in [0.2, 0.25) is 0 Å². The van der Waals surface area contributed by atoms with Crippen molar-refractivity contribution in [2.24, 2.45) is 0 Å². The van der Waals surface area contributed by atoms with Gasteiger partial charge in [-0.3, -0.25) is 0 Å². The highest BCUT2D eigenvalue weighted by Crippen LogP contribution is 2.14. The Balaban J connectivity index is 2.86. The standard InChI is InChI=1S/C14H20/c1-4-7-8-14-10-12(5-2)9-13(6-3)11-14/h5,9-11H,2,4,6-8H2,1,3H3. The molecule has 0 spiro atoms. The second-order valence-corrected chi connectivity index (χ2v) is 3.74. The second-order valence-electron chi connectivity index (χ2n) is 3.74. The van der Waals surface area contributed by atoms with Gasteiger partial charge in [-0.25, -0.2) is 0 Å². The summed E-state index contributed by atoms with van der Waals surface area (Å²) in [7, 11) is 0. The number of hydrogen-bond donors (Lipinski definition) is 0. The first-order chi connectivity index (χ1) is 6.80. The zero-order valence-corrected chi connectivity index (χ0v) is 9.34. The van der Waals surface area contributed by atoms with Gasteiger partial charge in [0.1, 0.15) is 0 Å². The van der Waals surface area contributed by atoms with Gasteiger partial charge in [0.05, 0.1) is 0 Å². The largest absolute Gasteiger partial charge is 0.0985 e. The van der Waals surface area contributed by atoms with Crippen molar-refractivity contribution in [3.05, 3.63) is 41.5 Å². The molecule has 0 N–H and O–H groups in total. The number of aryl methyl sites for hydroxylation is 2. The van der Waals surface area contributed by atoms with Crippen LogP contribution in [0, 0.1) is 0 Å². The summed E-state index contributed by atoms with van der Waals surface area (Å²) in [5, 5.41) is 0. The van der Waals surface area contributed by atoms with Crippen LogP contribution in [0.15, 0.2) is 24.8 Å². The summed E-state index contributed by atoms with van der Waals surface area (Å²) in [6.45, 7) is 8.26. The molecule has 0 aliphatic carbocycles. The van der Waals surface area contributed by atoms with Gasteiger partial charge in [0.15, 0.2) is 0 Å². The molecule has 0 saturated carbocycles. The number of hydrogen-bond acceptors (Lipinski definition) is 0. The third kappa shape index (κ3) is 3.02. The van der Waals surface area contributed by atoms with Crippen LogP contribution in [0.4, 0.5) is 0 Å². The molecule has 1 aromatic carbocycles. The van der Waals surface area contributed by atoms with Gasteiger partial charge in [0, 0.05) is 0 Å². The van der Waals surface area contributed by atoms with E-state index >= 15 is 0 Å². The maximum atomic E-state index is 3.83. The lowest BCUT2D eigenvalue weighted by Crippen LogP contribution is -1.90. The molecule has 0 heterocycles. The molecule has 76 valence electrons. The molecule has 0 nitrogen and oxygen atoms in total. The van der Waals surface area contributed by atoms with E-state index in [4.69, 9.17) is 0 Å². The Labute approximate surface area is 87.7 Å². The van der Waals surface area contributed by atoms with E-state index in [0.29, 0.717) is 0 Å². The van der Waals surface area contributed by atoms with Gasteiger partial charge in [-0.1, -0.05) is 51.1 Å². The van der Waals surface area contributed by atoms with Crippen molar-refractivity contribution in [3.8, 4) is 0 Å². The maximum Gasteiger partial charge on any atom is -0.0257 e. The number of rotatable bonds is 5. The van der Waals surface area contributed by atoms with Crippen LogP contribution in [0.5, 0.6) is 0 Å². The van der Waals surface area contributed by atoms with Crippen molar-refractivity contribution in [2.75, 3.05) is 0 Å². The molecule has 1 rings (SSSR count). The minimum atomic E-state index is 1.11. The Morgan fingerprint density at radius 3 is 2.43 bits per heavy atom. The van der Waals surface area contributed by atoms with E-state index in [2.05, 4.69) is 38.6 Å². The molecule has 0 aromatic heterocycles. The second kappa shape index (κ2) is 5.64. The van der Waals surface area contributed by atoms with Gasteiger partial charge in [0.25, 0.3) is 0 Å². The van der Waals surface area contributed by atoms with E-state index in [9.17, 15) is 0 Å². The molecule has 0 aliphatic rings. The Kier molecular flexibility index (Phi) is 4.45. The molecule has 0 bridgehead atoms. The fourth-order valence-electron chi connectivity index (χ4n) is 1.64. The van der Waals surface area contributed by atoms with E-state index in [1.54, 1.807) is 0 Å². The maximum absolute atomic E-state index is 3.83. The van der Waals surface area contributed by atoms with Crippen LogP contribution in [0.25, 0.3) is 6.08 Å². The lowest BCUT2D eigenvalue weighted by atomic mass is 10.0. The minimum absolute atomic E-state index is 1.11. The topological polar surface area (TPSA) is 0 Å². The molecule has 0 atom stereocenters. The van der Waals surface area contributed by atoms with Crippen molar-refractivity contribution >= 4 is 6.08 Å². The average molecular weight is 188 g/mol. The summed E-state index contributed by atoms with van der Waals surface area (Å²) in [6.07, 6.45) is 6.80. The molecule has 1 aromatic rings. The quantitative estimate of drug-likeness (QED) is 0.648. The van der Waals surface area contributed by atoms with Crippen molar-refractivity contribution in [1.82, 2.24) is 0 Å². The van der Waals surface area contributed by atoms with Crippen LogP contribution in [-0.4, -0.2) is 0 Å². The molecule has 0 radical (unpaired) electrons. The lowest BCUT2D eigenvalue weighted by molar-refractivity contribution is 0.793. The molecule has 0 saturated heterocycles. The van der Waals surface area contributed by atoms with Crippen LogP contribution in [0.1, 0.15) is 43.4 Å². The van der Waals surface area contributed by atoms with Crippen LogP contribution in [-0.2, 0) is 12.8 Å². The third-order valence-electron chi connectivity index (χ3n) is 2.54. The molecular formula is C14H20. The third-order valence-corrected chi connectivity index (χ3v) is 2.54. The zero-order valence-electron chi connectivity index (χ0n) is 9.34. The fourth-order valence-corrected chi connectivity index (χ4v) is 1.64. The number of unbranched alkanes of at least 4 members (excludes halogenated alkanes) is 1. The highest BCUT2D eigenvalue weighted by atomic mass is 14.0. The van der Waals surface area contributed by atoms with Crippen molar-refractivity contribution in [3.63, 3.8) is 0 Å². The lowest BCUT2D eigenvalue weighted by Gasteiger charge is -2.05. The highest BCUT2D eigenvalue weighted by molar-refractivity contribution is 5.50. The van der Waals surface area contributed by atoms with Gasteiger partial charge < -0.3 is 0 Å². The molecule has 0 aliphatic heterocycles. The smallest absolute Gasteiger partial charge is 0.0257 e. The summed E-state index contributed by atoms with van der Waals surface area (Å²) in [5.41, 5.74) is 4.14. The van der Waals surface area contributed by atoms with Crippen LogP contribution in [0.3, 0.4) is 0 Å². The first-order valence-electron chi connectivity index (χ1n) is 5.55. The van der Waals surface area contributed by atoms with Crippen molar-refractivity contribution in [2.45, 2.75) is 39.5 Å². The van der Waals surface area contributed by atoms with E-state index < -0.39 is 0 Å². The Morgan fingerprint density at radius 1 is 1.14 bits per heavy atom. The van der Waals surface area contributed by atoms with Gasteiger partial charge in [-0.2, -0.15) is 0 Å². The SMILES string of the molecule is C=Cc1cc(CC)cc(CCCC)c1. The summed E-state index contributed by atoms with van der Waals surface area (Å²) in [4.78, 5) is 0. The monoisotopic (exact) mass is 188 g/mol. The van der Waals surface area contributed by atoms with Crippen molar-refractivity contribution in [1.29, 1.82) is 0 Å². The van der Waals surface area contributed by atoms with Gasteiger partial charge in [-0.05, 0) is 36.0 Å². The highest BCUT2D eigenvalue weighted by Gasteiger charge is 1.97. The summed E-state index contributed by atoms with van der Waals surface area (Å²) in [6, 6.07) is 6.80. The molecule has 0 heteroatoms. The summed E-state index contributed by atoms with van der Waals surface area (Å²) in [5.74, 6) is 0. The minimum Gasteiger partial charge on any atom is -0.0985 e. The first kappa shape index (κ1) is 11.0. The van der Waals surface area contributed by atoms with Crippen molar-refractivity contribution < 1.29 is 0 Å². The molecule has 0 unspecified atom stereocenters. The summed E-state index contributed by atoms with van der Waals surface area (Å²) >= 11 is 0. The Morgan fingerprint density at radius 2 is 1.86 bits per heavy atom. The molecular weight excluding hydrogens is 168 g/mol. The molecule has 14 heavy (non-hydrogen) atoms. The van der Waals surface area contributed by atoms with Crippen LogP contribution >= 0.6 is 0 Å². The predicted octanol–water partition coefficient (Wildman–Crippen LogP) is 4.23. The Bertz CT molecular complexity index is 297. The normalized spacial score (nSPS) is 10.1. The van der Waals surface area contributed by atoms with E-state index in [1.165, 1.54) is 36.0 Å². The van der Waals surface area contributed by atoms with Crippen LogP contribution < -0.4 is 0 Å². The number of benzene rings is 1. The molecule has 0 fully saturated rings. The van der Waals surface area contributed by atoms with E-state index in [-0.39, 0.29) is 0 Å². The first-order valence-corrected chi connectivity index (χ1v) is 5.55. The fraction of sp³-hybridized carbons (Fsp3) is 0.429. The average Bonchev–Trinajstić information content (AvgIpc) is 2.25. The Hall–Kier alpha value is -1.04. The zero-order chi connectivity index (χ0) is 10.4. The van der Waals surface area contributed by atoms with Gasteiger partial charge in [-0.15, -0.1) is 0 Å². The van der Waals surface area contributed by atoms with Gasteiger partial charge >= 0.3 is 0 Å².